The molecule has 0 fully saturated rings. The van der Waals surface area contributed by atoms with Gasteiger partial charge >= 0.3 is 0 Å². The van der Waals surface area contributed by atoms with Crippen LogP contribution in [0.15, 0.2) is 48.5 Å². The van der Waals surface area contributed by atoms with E-state index < -0.39 is 0 Å². The summed E-state index contributed by atoms with van der Waals surface area (Å²) in [5.74, 6) is 0.958. The van der Waals surface area contributed by atoms with Crippen molar-refractivity contribution >= 4 is 22.8 Å². The summed E-state index contributed by atoms with van der Waals surface area (Å²) in [6, 6.07) is 14.8. The Morgan fingerprint density at radius 3 is 2.55 bits per heavy atom. The summed E-state index contributed by atoms with van der Waals surface area (Å²) in [6.07, 6.45) is 0. The van der Waals surface area contributed by atoms with Gasteiger partial charge in [-0.15, -0.1) is 0 Å². The number of ketones is 1. The van der Waals surface area contributed by atoms with Crippen LogP contribution in [0.25, 0.3) is 11.0 Å². The van der Waals surface area contributed by atoms with E-state index in [2.05, 4.69) is 18.8 Å². The molecule has 4 heteroatoms. The maximum atomic E-state index is 12.6. The summed E-state index contributed by atoms with van der Waals surface area (Å²) in [6.45, 7) is 5.04. The number of benzene rings is 2. The minimum atomic E-state index is 0.0124. The summed E-state index contributed by atoms with van der Waals surface area (Å²) in [5, 5.41) is 0. The Morgan fingerprint density at radius 1 is 1.14 bits per heavy atom. The Balaban J connectivity index is 2.07. The van der Waals surface area contributed by atoms with Gasteiger partial charge in [0.25, 0.3) is 0 Å². The van der Waals surface area contributed by atoms with Crippen LogP contribution in [0.4, 0.5) is 5.95 Å². The largest absolute Gasteiger partial charge is 0.369 e. The van der Waals surface area contributed by atoms with E-state index in [9.17, 15) is 4.79 Å². The number of aromatic nitrogens is 2. The number of nitrogens with zero attached hydrogens (tertiary/aromatic N) is 2. The highest BCUT2D eigenvalue weighted by atomic mass is 16.1. The van der Waals surface area contributed by atoms with E-state index >= 15 is 0 Å². The van der Waals surface area contributed by atoms with Gasteiger partial charge < -0.3 is 10.3 Å². The minimum Gasteiger partial charge on any atom is -0.369 e. The first-order chi connectivity index (χ1) is 10.6. The molecule has 0 aliphatic rings. The van der Waals surface area contributed by atoms with Crippen molar-refractivity contribution in [3.63, 3.8) is 0 Å². The van der Waals surface area contributed by atoms with Crippen molar-refractivity contribution in [1.29, 1.82) is 0 Å². The Labute approximate surface area is 129 Å². The molecular formula is C18H19N3O. The van der Waals surface area contributed by atoms with Crippen LogP contribution in [0.1, 0.15) is 29.8 Å². The third kappa shape index (κ3) is 2.60. The Bertz CT molecular complexity index is 819. The molecule has 0 unspecified atom stereocenters. The SMILES string of the molecule is CC(C)Cn1c(N)nc2ccc(C(=O)c3ccccc3)cc21. The summed E-state index contributed by atoms with van der Waals surface area (Å²) in [4.78, 5) is 16.9. The van der Waals surface area contributed by atoms with Crippen molar-refractivity contribution in [2.45, 2.75) is 20.4 Å². The molecule has 1 aromatic heterocycles. The van der Waals surface area contributed by atoms with Crippen LogP contribution in [0.3, 0.4) is 0 Å². The molecule has 0 saturated carbocycles. The Kier molecular flexibility index (Phi) is 3.67. The first-order valence-corrected chi connectivity index (χ1v) is 7.42. The van der Waals surface area contributed by atoms with Crippen molar-refractivity contribution in [2.75, 3.05) is 5.73 Å². The fourth-order valence-electron chi connectivity index (χ4n) is 2.60. The van der Waals surface area contributed by atoms with Gasteiger partial charge in [0, 0.05) is 17.7 Å². The highest BCUT2D eigenvalue weighted by Crippen LogP contribution is 2.22. The molecule has 0 radical (unpaired) electrons. The number of imidazole rings is 1. The van der Waals surface area contributed by atoms with E-state index in [0.29, 0.717) is 23.0 Å². The zero-order valence-electron chi connectivity index (χ0n) is 12.8. The van der Waals surface area contributed by atoms with Gasteiger partial charge in [-0.1, -0.05) is 44.2 Å². The second-order valence-electron chi connectivity index (χ2n) is 5.87. The lowest BCUT2D eigenvalue weighted by Gasteiger charge is -2.09. The van der Waals surface area contributed by atoms with E-state index in [1.54, 1.807) is 0 Å². The van der Waals surface area contributed by atoms with Gasteiger partial charge in [-0.05, 0) is 24.1 Å². The monoisotopic (exact) mass is 293 g/mol. The lowest BCUT2D eigenvalue weighted by molar-refractivity contribution is 0.103. The molecule has 0 atom stereocenters. The number of nitrogens with two attached hydrogens (primary N) is 1. The van der Waals surface area contributed by atoms with E-state index in [4.69, 9.17) is 5.73 Å². The lowest BCUT2D eigenvalue weighted by Crippen LogP contribution is -2.08. The van der Waals surface area contributed by atoms with E-state index in [0.717, 1.165) is 17.6 Å². The molecule has 22 heavy (non-hydrogen) atoms. The van der Waals surface area contributed by atoms with Crippen LogP contribution in [0.5, 0.6) is 0 Å². The first kappa shape index (κ1) is 14.3. The Morgan fingerprint density at radius 2 is 1.86 bits per heavy atom. The summed E-state index contributed by atoms with van der Waals surface area (Å²) < 4.78 is 1.97. The highest BCUT2D eigenvalue weighted by molar-refractivity contribution is 6.10. The van der Waals surface area contributed by atoms with Gasteiger partial charge in [-0.25, -0.2) is 4.98 Å². The van der Waals surface area contributed by atoms with Gasteiger partial charge in [0.05, 0.1) is 11.0 Å². The third-order valence-corrected chi connectivity index (χ3v) is 3.62. The van der Waals surface area contributed by atoms with Crippen molar-refractivity contribution < 1.29 is 4.79 Å². The molecule has 0 aliphatic carbocycles. The number of carbonyl (C=O) groups is 1. The number of nitrogen functional groups attached to an aromatic ring is 1. The normalized spacial score (nSPS) is 11.2. The predicted octanol–water partition coefficient (Wildman–Crippen LogP) is 3.51. The minimum absolute atomic E-state index is 0.0124. The number of anilines is 1. The van der Waals surface area contributed by atoms with Crippen LogP contribution >= 0.6 is 0 Å². The molecule has 0 bridgehead atoms. The molecular weight excluding hydrogens is 274 g/mol. The molecule has 3 aromatic rings. The molecule has 0 spiro atoms. The van der Waals surface area contributed by atoms with Crippen molar-refractivity contribution in [2.24, 2.45) is 5.92 Å². The molecule has 3 rings (SSSR count). The molecule has 2 aromatic carbocycles. The summed E-state index contributed by atoms with van der Waals surface area (Å²) in [5.41, 5.74) is 9.08. The first-order valence-electron chi connectivity index (χ1n) is 7.42. The molecule has 1 heterocycles. The highest BCUT2D eigenvalue weighted by Gasteiger charge is 2.14. The smallest absolute Gasteiger partial charge is 0.201 e. The number of carbonyl (C=O) groups excluding carboxylic acids is 1. The van der Waals surface area contributed by atoms with E-state index in [1.807, 2.05) is 53.1 Å². The van der Waals surface area contributed by atoms with Crippen molar-refractivity contribution in [3.8, 4) is 0 Å². The predicted molar refractivity (Wildman–Crippen MR) is 88.9 cm³/mol. The second-order valence-corrected chi connectivity index (χ2v) is 5.87. The summed E-state index contributed by atoms with van der Waals surface area (Å²) >= 11 is 0. The fraction of sp³-hybridized carbons (Fsp3) is 0.222. The standard InChI is InChI=1S/C18H19N3O/c1-12(2)11-21-16-10-14(8-9-15(16)20-18(21)19)17(22)13-6-4-3-5-7-13/h3-10,12H,11H2,1-2H3,(H2,19,20). The number of hydrogen-bond donors (Lipinski definition) is 1. The summed E-state index contributed by atoms with van der Waals surface area (Å²) in [7, 11) is 0. The fourth-order valence-corrected chi connectivity index (χ4v) is 2.60. The lowest BCUT2D eigenvalue weighted by atomic mass is 10.0. The maximum absolute atomic E-state index is 12.6. The van der Waals surface area contributed by atoms with Crippen LogP contribution in [0.2, 0.25) is 0 Å². The molecule has 0 amide bonds. The van der Waals surface area contributed by atoms with E-state index in [1.165, 1.54) is 0 Å². The molecule has 0 aliphatic heterocycles. The average molecular weight is 293 g/mol. The molecule has 112 valence electrons. The van der Waals surface area contributed by atoms with Crippen LogP contribution in [0, 0.1) is 5.92 Å². The van der Waals surface area contributed by atoms with Gasteiger partial charge in [-0.2, -0.15) is 0 Å². The Hall–Kier alpha value is -2.62. The molecule has 2 N–H and O–H groups in total. The van der Waals surface area contributed by atoms with Crippen LogP contribution < -0.4 is 5.73 Å². The zero-order valence-corrected chi connectivity index (χ0v) is 12.8. The third-order valence-electron chi connectivity index (χ3n) is 3.62. The number of hydrogen-bond acceptors (Lipinski definition) is 3. The van der Waals surface area contributed by atoms with Gasteiger partial charge in [0.2, 0.25) is 5.95 Å². The van der Waals surface area contributed by atoms with Gasteiger partial charge in [0.15, 0.2) is 5.78 Å². The zero-order chi connectivity index (χ0) is 15.7. The van der Waals surface area contributed by atoms with Gasteiger partial charge in [0.1, 0.15) is 0 Å². The number of rotatable bonds is 4. The van der Waals surface area contributed by atoms with Crippen LogP contribution in [-0.4, -0.2) is 15.3 Å². The second kappa shape index (κ2) is 5.64. The van der Waals surface area contributed by atoms with Crippen molar-refractivity contribution in [3.05, 3.63) is 59.7 Å². The van der Waals surface area contributed by atoms with E-state index in [-0.39, 0.29) is 5.78 Å². The maximum Gasteiger partial charge on any atom is 0.201 e. The van der Waals surface area contributed by atoms with Crippen LogP contribution in [-0.2, 0) is 6.54 Å². The van der Waals surface area contributed by atoms with Crippen molar-refractivity contribution in [1.82, 2.24) is 9.55 Å². The molecule has 0 saturated heterocycles. The quantitative estimate of drug-likeness (QED) is 0.749. The van der Waals surface area contributed by atoms with Gasteiger partial charge in [-0.3, -0.25) is 4.79 Å². The number of fused-ring (bicyclic) bond motifs is 1. The topological polar surface area (TPSA) is 60.9 Å². The average Bonchev–Trinajstić information content (AvgIpc) is 2.82. The molecule has 4 nitrogen and oxygen atoms in total.